The number of fused-ring (bicyclic) bond motifs is 3. The normalized spacial score (nSPS) is 18.4. The first-order valence-corrected chi connectivity index (χ1v) is 11.2. The Morgan fingerprint density at radius 2 is 2.16 bits per heavy atom. The Balaban J connectivity index is 1.31. The standard InChI is InChI=1S/C20H19F2N7O2S/c1-28-14(7-12(27-28)16(21)22)24-20-26-23-8-29(20)10-4-5-13-11(6-10)15-18(32-13)25-17(9-2-3-9)31-19(15)30/h7-10,16H,2-6H2,1H3,(H,24,26)/t10-/m0/s1. The number of anilines is 2. The lowest BCUT2D eigenvalue weighted by molar-refractivity contribution is 0.145. The molecule has 32 heavy (non-hydrogen) atoms. The Morgan fingerprint density at radius 1 is 1.31 bits per heavy atom. The van der Waals surface area contributed by atoms with Crippen molar-refractivity contribution in [2.24, 2.45) is 7.05 Å². The van der Waals surface area contributed by atoms with Gasteiger partial charge < -0.3 is 9.73 Å². The van der Waals surface area contributed by atoms with Gasteiger partial charge in [0, 0.05) is 30.0 Å². The molecule has 4 heterocycles. The molecule has 0 saturated heterocycles. The first kappa shape index (κ1) is 19.5. The molecule has 0 bridgehead atoms. The van der Waals surface area contributed by atoms with Crippen LogP contribution in [0, 0.1) is 0 Å². The van der Waals surface area contributed by atoms with Crippen LogP contribution < -0.4 is 10.9 Å². The van der Waals surface area contributed by atoms with E-state index < -0.39 is 6.43 Å². The maximum absolute atomic E-state index is 13.0. The summed E-state index contributed by atoms with van der Waals surface area (Å²) in [7, 11) is 1.58. The van der Waals surface area contributed by atoms with E-state index in [0.29, 0.717) is 29.5 Å². The number of aromatic nitrogens is 6. The molecule has 4 aromatic rings. The fraction of sp³-hybridized carbons (Fsp3) is 0.450. The van der Waals surface area contributed by atoms with Gasteiger partial charge in [-0.1, -0.05) is 0 Å². The SMILES string of the molecule is Cn1nc(C(F)F)cc1Nc1nncn1[C@H]1CCc2sc3nc(C4CC4)oc(=O)c3c2C1. The molecule has 12 heteroatoms. The number of nitrogens with zero attached hydrogens (tertiary/aromatic N) is 6. The van der Waals surface area contributed by atoms with Crippen molar-refractivity contribution in [2.75, 3.05) is 5.32 Å². The highest BCUT2D eigenvalue weighted by Crippen LogP contribution is 2.42. The number of aryl methyl sites for hydroxylation is 2. The number of thiophene rings is 1. The molecule has 0 aliphatic heterocycles. The van der Waals surface area contributed by atoms with Crippen molar-refractivity contribution < 1.29 is 13.2 Å². The Morgan fingerprint density at radius 3 is 2.91 bits per heavy atom. The van der Waals surface area contributed by atoms with Gasteiger partial charge in [0.05, 0.1) is 0 Å². The summed E-state index contributed by atoms with van der Waals surface area (Å²) in [5.41, 5.74) is 0.356. The van der Waals surface area contributed by atoms with Crippen molar-refractivity contribution in [1.29, 1.82) is 0 Å². The van der Waals surface area contributed by atoms with Crippen LogP contribution in [0.5, 0.6) is 0 Å². The average Bonchev–Trinajstić information content (AvgIpc) is 3.23. The molecule has 2 aliphatic rings. The predicted octanol–water partition coefficient (Wildman–Crippen LogP) is 3.86. The van der Waals surface area contributed by atoms with Gasteiger partial charge in [0.25, 0.3) is 6.43 Å². The summed E-state index contributed by atoms with van der Waals surface area (Å²) in [6.45, 7) is 0. The minimum Gasteiger partial charge on any atom is -0.408 e. The predicted molar refractivity (Wildman–Crippen MR) is 113 cm³/mol. The van der Waals surface area contributed by atoms with Gasteiger partial charge >= 0.3 is 5.63 Å². The smallest absolute Gasteiger partial charge is 0.348 e. The van der Waals surface area contributed by atoms with Crippen molar-refractivity contribution >= 4 is 33.3 Å². The van der Waals surface area contributed by atoms with Gasteiger partial charge in [-0.05, 0) is 37.7 Å². The van der Waals surface area contributed by atoms with E-state index in [-0.39, 0.29) is 23.3 Å². The zero-order valence-electron chi connectivity index (χ0n) is 17.1. The molecular weight excluding hydrogens is 440 g/mol. The third-order valence-electron chi connectivity index (χ3n) is 6.08. The molecule has 4 aromatic heterocycles. The Labute approximate surface area is 184 Å². The van der Waals surface area contributed by atoms with Crippen molar-refractivity contribution in [1.82, 2.24) is 29.5 Å². The number of alkyl halides is 2. The number of hydrogen-bond acceptors (Lipinski definition) is 8. The van der Waals surface area contributed by atoms with Gasteiger partial charge in [0.2, 0.25) is 11.8 Å². The quantitative estimate of drug-likeness (QED) is 0.483. The summed E-state index contributed by atoms with van der Waals surface area (Å²) in [5, 5.41) is 15.6. The monoisotopic (exact) mass is 459 g/mol. The van der Waals surface area contributed by atoms with Crippen LogP contribution in [-0.2, 0) is 19.9 Å². The molecule has 0 unspecified atom stereocenters. The molecular formula is C20H19F2N7O2S. The Bertz CT molecular complexity index is 1380. The molecule has 0 radical (unpaired) electrons. The molecule has 0 aromatic carbocycles. The van der Waals surface area contributed by atoms with Gasteiger partial charge in [-0.25, -0.2) is 18.6 Å². The third-order valence-corrected chi connectivity index (χ3v) is 7.27. The summed E-state index contributed by atoms with van der Waals surface area (Å²) < 4.78 is 34.7. The minimum absolute atomic E-state index is 0.00288. The van der Waals surface area contributed by atoms with Gasteiger partial charge in [0.15, 0.2) is 0 Å². The van der Waals surface area contributed by atoms with Gasteiger partial charge in [0.1, 0.15) is 28.1 Å². The number of rotatable bonds is 5. The number of halogens is 2. The van der Waals surface area contributed by atoms with E-state index in [0.717, 1.165) is 36.1 Å². The number of nitrogens with one attached hydrogen (secondary N) is 1. The van der Waals surface area contributed by atoms with Crippen LogP contribution in [0.25, 0.3) is 10.2 Å². The fourth-order valence-corrected chi connectivity index (χ4v) is 5.48. The van der Waals surface area contributed by atoms with Crippen molar-refractivity contribution in [3.63, 3.8) is 0 Å². The molecule has 166 valence electrons. The van der Waals surface area contributed by atoms with Crippen molar-refractivity contribution in [3.8, 4) is 0 Å². The third kappa shape index (κ3) is 3.20. The van der Waals surface area contributed by atoms with Gasteiger partial charge in [-0.15, -0.1) is 21.5 Å². The van der Waals surface area contributed by atoms with Crippen LogP contribution in [0.2, 0.25) is 0 Å². The maximum Gasteiger partial charge on any atom is 0.348 e. The van der Waals surface area contributed by atoms with Crippen LogP contribution in [-0.4, -0.2) is 29.5 Å². The van der Waals surface area contributed by atoms with Crippen molar-refractivity contribution in [2.45, 2.75) is 50.5 Å². The lowest BCUT2D eigenvalue weighted by Gasteiger charge is -2.24. The summed E-state index contributed by atoms with van der Waals surface area (Å²) >= 11 is 1.58. The van der Waals surface area contributed by atoms with E-state index in [9.17, 15) is 13.6 Å². The number of hydrogen-bond donors (Lipinski definition) is 1. The van der Waals surface area contributed by atoms with Crippen LogP contribution in [0.15, 0.2) is 21.6 Å². The molecule has 1 atom stereocenters. The minimum atomic E-state index is -2.65. The van der Waals surface area contributed by atoms with Crippen LogP contribution in [0.3, 0.4) is 0 Å². The lowest BCUT2D eigenvalue weighted by atomic mass is 9.92. The van der Waals surface area contributed by atoms with E-state index in [1.165, 1.54) is 15.6 Å². The molecule has 6 rings (SSSR count). The molecule has 1 N–H and O–H groups in total. The zero-order valence-corrected chi connectivity index (χ0v) is 17.9. The van der Waals surface area contributed by atoms with E-state index in [4.69, 9.17) is 4.42 Å². The Hall–Kier alpha value is -3.15. The second-order valence-corrected chi connectivity index (χ2v) is 9.34. The summed E-state index contributed by atoms with van der Waals surface area (Å²) in [4.78, 5) is 19.3. The van der Waals surface area contributed by atoms with Crippen molar-refractivity contribution in [3.05, 3.63) is 44.8 Å². The van der Waals surface area contributed by atoms with E-state index >= 15 is 0 Å². The first-order valence-electron chi connectivity index (χ1n) is 10.4. The Kier molecular flexibility index (Phi) is 4.39. The maximum atomic E-state index is 13.0. The lowest BCUT2D eigenvalue weighted by Crippen LogP contribution is -2.19. The molecule has 9 nitrogen and oxygen atoms in total. The zero-order chi connectivity index (χ0) is 22.0. The summed E-state index contributed by atoms with van der Waals surface area (Å²) in [6.07, 6.45) is 3.26. The average molecular weight is 459 g/mol. The highest BCUT2D eigenvalue weighted by Gasteiger charge is 2.32. The fourth-order valence-electron chi connectivity index (χ4n) is 4.28. The van der Waals surface area contributed by atoms with E-state index in [1.54, 1.807) is 24.7 Å². The molecule has 0 amide bonds. The highest BCUT2D eigenvalue weighted by atomic mass is 32.1. The van der Waals surface area contributed by atoms with Gasteiger partial charge in [-0.3, -0.25) is 9.25 Å². The molecule has 1 fully saturated rings. The topological polar surface area (TPSA) is 104 Å². The first-order chi connectivity index (χ1) is 15.5. The summed E-state index contributed by atoms with van der Waals surface area (Å²) in [6, 6.07) is 1.30. The van der Waals surface area contributed by atoms with Crippen LogP contribution in [0.4, 0.5) is 20.5 Å². The largest absolute Gasteiger partial charge is 0.408 e. The summed E-state index contributed by atoms with van der Waals surface area (Å²) in [5.74, 6) is 1.66. The van der Waals surface area contributed by atoms with Gasteiger partial charge in [-0.2, -0.15) is 5.10 Å². The second-order valence-electron chi connectivity index (χ2n) is 8.26. The molecule has 2 aliphatic carbocycles. The highest BCUT2D eigenvalue weighted by molar-refractivity contribution is 7.18. The molecule has 0 spiro atoms. The van der Waals surface area contributed by atoms with E-state index in [1.807, 2.05) is 4.57 Å². The van der Waals surface area contributed by atoms with Crippen LogP contribution >= 0.6 is 11.3 Å². The van der Waals surface area contributed by atoms with E-state index in [2.05, 4.69) is 25.6 Å². The molecule has 1 saturated carbocycles. The second kappa shape index (κ2) is 7.19. The van der Waals surface area contributed by atoms with Crippen LogP contribution in [0.1, 0.15) is 59.7 Å².